The van der Waals surface area contributed by atoms with Crippen molar-refractivity contribution >= 4 is 40.6 Å². The van der Waals surface area contributed by atoms with Gasteiger partial charge < -0.3 is 9.30 Å². The summed E-state index contributed by atoms with van der Waals surface area (Å²) in [6.45, 7) is 0. The smallest absolute Gasteiger partial charge is 0.268 e. The number of thiazole rings is 1. The second-order valence-electron chi connectivity index (χ2n) is 5.07. The first-order valence-electron chi connectivity index (χ1n) is 7.19. The van der Waals surface area contributed by atoms with E-state index in [0.717, 1.165) is 11.3 Å². The fourth-order valence-electron chi connectivity index (χ4n) is 2.16. The van der Waals surface area contributed by atoms with Gasteiger partial charge in [-0.1, -0.05) is 18.2 Å². The summed E-state index contributed by atoms with van der Waals surface area (Å²) in [7, 11) is 3.29. The Kier molecular flexibility index (Phi) is 4.78. The summed E-state index contributed by atoms with van der Waals surface area (Å²) in [5.41, 5.74) is 0.798. The Morgan fingerprint density at radius 1 is 1.21 bits per heavy atom. The SMILES string of the molecule is COc1ccc(/C=c2\s/c(=C\C(=O)c3cccs3)n(C)c2=O)cc1. The minimum absolute atomic E-state index is 0.0853. The lowest BCUT2D eigenvalue weighted by molar-refractivity contribution is 0.106. The first kappa shape index (κ1) is 16.4. The monoisotopic (exact) mass is 357 g/mol. The Bertz CT molecular complexity index is 1030. The van der Waals surface area contributed by atoms with Crippen LogP contribution in [0, 0.1) is 0 Å². The van der Waals surface area contributed by atoms with E-state index in [4.69, 9.17) is 4.74 Å². The number of hydrogen-bond donors (Lipinski definition) is 0. The number of aromatic nitrogens is 1. The van der Waals surface area contributed by atoms with E-state index in [1.165, 1.54) is 33.3 Å². The van der Waals surface area contributed by atoms with Gasteiger partial charge in [0.15, 0.2) is 5.78 Å². The lowest BCUT2D eigenvalue weighted by Crippen LogP contribution is -2.29. The van der Waals surface area contributed by atoms with Gasteiger partial charge in [0.05, 0.1) is 16.5 Å². The first-order chi connectivity index (χ1) is 11.6. The van der Waals surface area contributed by atoms with Crippen LogP contribution in [-0.4, -0.2) is 17.5 Å². The van der Waals surface area contributed by atoms with Crippen molar-refractivity contribution in [1.82, 2.24) is 4.57 Å². The summed E-state index contributed by atoms with van der Waals surface area (Å²) in [5, 5.41) is 1.86. The average molecular weight is 357 g/mol. The largest absolute Gasteiger partial charge is 0.497 e. The van der Waals surface area contributed by atoms with Crippen molar-refractivity contribution < 1.29 is 9.53 Å². The van der Waals surface area contributed by atoms with E-state index in [0.29, 0.717) is 14.1 Å². The Balaban J connectivity index is 2.03. The first-order valence-corrected chi connectivity index (χ1v) is 8.89. The van der Waals surface area contributed by atoms with Crippen molar-refractivity contribution in [2.45, 2.75) is 0 Å². The molecule has 0 aliphatic heterocycles. The highest BCUT2D eigenvalue weighted by atomic mass is 32.1. The van der Waals surface area contributed by atoms with E-state index in [1.807, 2.05) is 41.8 Å². The zero-order valence-corrected chi connectivity index (χ0v) is 14.8. The molecule has 2 heterocycles. The molecule has 0 aliphatic rings. The van der Waals surface area contributed by atoms with E-state index >= 15 is 0 Å². The van der Waals surface area contributed by atoms with Gasteiger partial charge >= 0.3 is 0 Å². The Morgan fingerprint density at radius 3 is 2.58 bits per heavy atom. The van der Waals surface area contributed by atoms with Crippen molar-refractivity contribution in [3.05, 3.63) is 71.8 Å². The number of carbonyl (C=O) groups excluding carboxylic acids is 1. The number of Topliss-reactive ketones (excluding diaryl/α,β-unsaturated/α-hetero) is 1. The highest BCUT2D eigenvalue weighted by molar-refractivity contribution is 7.12. The third-order valence-corrected chi connectivity index (χ3v) is 5.49. The molecule has 0 bridgehead atoms. The second-order valence-corrected chi connectivity index (χ2v) is 7.08. The predicted octanol–water partition coefficient (Wildman–Crippen LogP) is 2.01. The van der Waals surface area contributed by atoms with Gasteiger partial charge in [0.1, 0.15) is 10.4 Å². The number of methoxy groups -OCH3 is 1. The molecule has 2 aromatic heterocycles. The number of hydrogen-bond acceptors (Lipinski definition) is 5. The molecule has 24 heavy (non-hydrogen) atoms. The third-order valence-electron chi connectivity index (χ3n) is 3.49. The van der Waals surface area contributed by atoms with E-state index in [9.17, 15) is 9.59 Å². The van der Waals surface area contributed by atoms with Crippen molar-refractivity contribution in [2.24, 2.45) is 7.05 Å². The van der Waals surface area contributed by atoms with Crippen LogP contribution in [-0.2, 0) is 7.05 Å². The molecule has 0 amide bonds. The van der Waals surface area contributed by atoms with Crippen LogP contribution < -0.4 is 19.5 Å². The summed E-state index contributed by atoms with van der Waals surface area (Å²) in [6, 6.07) is 11.1. The molecule has 3 aromatic rings. The predicted molar refractivity (Wildman–Crippen MR) is 98.5 cm³/mol. The summed E-state index contributed by atoms with van der Waals surface area (Å²) in [4.78, 5) is 25.2. The molecular weight excluding hydrogens is 342 g/mol. The number of benzene rings is 1. The van der Waals surface area contributed by atoms with Crippen LogP contribution in [0.4, 0.5) is 0 Å². The minimum atomic E-state index is -0.110. The molecule has 0 spiro atoms. The van der Waals surface area contributed by atoms with E-state index in [-0.39, 0.29) is 11.3 Å². The van der Waals surface area contributed by atoms with Crippen molar-refractivity contribution in [3.63, 3.8) is 0 Å². The number of rotatable bonds is 4. The summed E-state index contributed by atoms with van der Waals surface area (Å²) < 4.78 is 7.86. The molecule has 3 rings (SSSR count). The van der Waals surface area contributed by atoms with Crippen molar-refractivity contribution in [2.75, 3.05) is 7.11 Å². The molecule has 0 unspecified atom stereocenters. The molecule has 0 saturated heterocycles. The van der Waals surface area contributed by atoms with Crippen molar-refractivity contribution in [3.8, 4) is 5.75 Å². The topological polar surface area (TPSA) is 48.3 Å². The van der Waals surface area contributed by atoms with Gasteiger partial charge in [-0.25, -0.2) is 0 Å². The Hall–Kier alpha value is -2.44. The van der Waals surface area contributed by atoms with Crippen LogP contribution in [0.1, 0.15) is 15.2 Å². The number of ketones is 1. The maximum Gasteiger partial charge on any atom is 0.268 e. The van der Waals surface area contributed by atoms with Gasteiger partial charge in [-0.2, -0.15) is 0 Å². The van der Waals surface area contributed by atoms with Crippen molar-refractivity contribution in [1.29, 1.82) is 0 Å². The summed E-state index contributed by atoms with van der Waals surface area (Å²) in [5.74, 6) is 0.680. The van der Waals surface area contributed by atoms with Gasteiger partial charge in [-0.15, -0.1) is 22.7 Å². The van der Waals surface area contributed by atoms with E-state index < -0.39 is 0 Å². The molecule has 0 aliphatic carbocycles. The molecule has 0 atom stereocenters. The number of thiophene rings is 1. The number of nitrogens with zero attached hydrogens (tertiary/aromatic N) is 1. The van der Waals surface area contributed by atoms with Crippen LogP contribution in [0.5, 0.6) is 5.75 Å². The summed E-state index contributed by atoms with van der Waals surface area (Å²) in [6.07, 6.45) is 3.34. The lowest BCUT2D eigenvalue weighted by Gasteiger charge is -1.98. The molecule has 0 radical (unpaired) electrons. The summed E-state index contributed by atoms with van der Waals surface area (Å²) >= 11 is 2.70. The molecule has 6 heteroatoms. The standard InChI is InChI=1S/C18H15NO3S2/c1-19-17(11-14(20)15-4-3-9-23-15)24-16(18(19)21)10-12-5-7-13(22-2)8-6-12/h3-11H,1-2H3/b16-10-,17-11-. The molecule has 0 saturated carbocycles. The van der Waals surface area contributed by atoms with Crippen LogP contribution in [0.2, 0.25) is 0 Å². The fourth-order valence-corrected chi connectivity index (χ4v) is 3.83. The van der Waals surface area contributed by atoms with E-state index in [1.54, 1.807) is 20.2 Å². The minimum Gasteiger partial charge on any atom is -0.497 e. The van der Waals surface area contributed by atoms with Crippen LogP contribution in [0.25, 0.3) is 12.2 Å². The van der Waals surface area contributed by atoms with Crippen LogP contribution >= 0.6 is 22.7 Å². The molecular formula is C18H15NO3S2. The Labute approximate surface area is 146 Å². The highest BCUT2D eigenvalue weighted by Crippen LogP contribution is 2.11. The van der Waals surface area contributed by atoms with Crippen LogP contribution in [0.15, 0.2) is 46.6 Å². The fraction of sp³-hybridized carbons (Fsp3) is 0.111. The van der Waals surface area contributed by atoms with Gasteiger partial charge in [-0.3, -0.25) is 9.59 Å². The van der Waals surface area contributed by atoms with Gasteiger partial charge in [0.2, 0.25) is 0 Å². The Morgan fingerprint density at radius 2 is 1.96 bits per heavy atom. The van der Waals surface area contributed by atoms with Gasteiger partial charge in [-0.05, 0) is 35.2 Å². The quantitative estimate of drug-likeness (QED) is 0.671. The zero-order chi connectivity index (χ0) is 17.1. The number of carbonyl (C=O) groups is 1. The molecule has 1 aromatic carbocycles. The molecule has 0 N–H and O–H groups in total. The molecule has 122 valence electrons. The number of ether oxygens (including phenoxy) is 1. The maximum absolute atomic E-state index is 12.4. The zero-order valence-electron chi connectivity index (χ0n) is 13.2. The normalized spacial score (nSPS) is 12.6. The van der Waals surface area contributed by atoms with Gasteiger partial charge in [0.25, 0.3) is 5.56 Å². The highest BCUT2D eigenvalue weighted by Gasteiger charge is 2.06. The second kappa shape index (κ2) is 6.98. The average Bonchev–Trinajstić information content (AvgIpc) is 3.21. The van der Waals surface area contributed by atoms with E-state index in [2.05, 4.69) is 0 Å². The maximum atomic E-state index is 12.4. The van der Waals surface area contributed by atoms with Gasteiger partial charge in [0, 0.05) is 13.1 Å². The molecule has 0 fully saturated rings. The lowest BCUT2D eigenvalue weighted by atomic mass is 10.2. The van der Waals surface area contributed by atoms with Crippen LogP contribution in [0.3, 0.4) is 0 Å². The molecule has 4 nitrogen and oxygen atoms in total. The third kappa shape index (κ3) is 3.39.